The third kappa shape index (κ3) is 2.99. The van der Waals surface area contributed by atoms with Crippen molar-refractivity contribution in [1.29, 1.82) is 0 Å². The molecule has 1 aromatic heterocycles. The minimum Gasteiger partial charge on any atom is -0.357 e. The molecular weight excluding hydrogens is 408 g/mol. The first-order valence-electron chi connectivity index (χ1n) is 9.92. The normalized spacial score (nSPS) is 18.9. The number of benzene rings is 3. The van der Waals surface area contributed by atoms with Crippen LogP contribution >= 0.6 is 15.9 Å². The molecule has 5 rings (SSSR count). The molecule has 140 valence electrons. The van der Waals surface area contributed by atoms with Crippen molar-refractivity contribution in [3.05, 3.63) is 105 Å². The van der Waals surface area contributed by atoms with Crippen LogP contribution in [0.25, 0.3) is 10.9 Å². The Balaban J connectivity index is 1.67. The van der Waals surface area contributed by atoms with Crippen LogP contribution in [0.3, 0.4) is 0 Å². The third-order valence-electron chi connectivity index (χ3n) is 5.91. The molecule has 1 aliphatic rings. The van der Waals surface area contributed by atoms with Crippen molar-refractivity contribution in [3.8, 4) is 0 Å². The van der Waals surface area contributed by atoms with Gasteiger partial charge in [0, 0.05) is 33.5 Å². The molecule has 1 aliphatic heterocycles. The number of halogens is 1. The molecular formula is C25H23BrN2. The van der Waals surface area contributed by atoms with E-state index in [-0.39, 0.29) is 6.04 Å². The molecule has 3 heteroatoms. The minimum absolute atomic E-state index is 0.172. The molecule has 2 atom stereocenters. The molecule has 0 fully saturated rings. The zero-order valence-corrected chi connectivity index (χ0v) is 17.5. The van der Waals surface area contributed by atoms with Crippen molar-refractivity contribution < 1.29 is 0 Å². The minimum atomic E-state index is 0.172. The quantitative estimate of drug-likeness (QED) is 0.391. The third-order valence-corrected chi connectivity index (χ3v) is 6.41. The summed E-state index contributed by atoms with van der Waals surface area (Å²) >= 11 is 3.63. The van der Waals surface area contributed by atoms with E-state index >= 15 is 0 Å². The number of hydrogen-bond acceptors (Lipinski definition) is 1. The maximum atomic E-state index is 3.80. The highest BCUT2D eigenvalue weighted by Crippen LogP contribution is 2.41. The van der Waals surface area contributed by atoms with E-state index in [1.165, 1.54) is 38.9 Å². The van der Waals surface area contributed by atoms with Gasteiger partial charge < -0.3 is 10.3 Å². The molecule has 2 nitrogen and oxygen atoms in total. The van der Waals surface area contributed by atoms with E-state index in [2.05, 4.69) is 106 Å². The highest BCUT2D eigenvalue weighted by molar-refractivity contribution is 9.10. The molecule has 0 spiro atoms. The number of H-pyrrole nitrogens is 1. The van der Waals surface area contributed by atoms with Gasteiger partial charge in [-0.1, -0.05) is 77.5 Å². The molecule has 0 saturated heterocycles. The Hall–Kier alpha value is -2.36. The fourth-order valence-corrected chi connectivity index (χ4v) is 4.89. The van der Waals surface area contributed by atoms with Gasteiger partial charge in [-0.2, -0.15) is 0 Å². The number of fused-ring (bicyclic) bond motifs is 3. The predicted molar refractivity (Wildman–Crippen MR) is 120 cm³/mol. The van der Waals surface area contributed by atoms with E-state index in [9.17, 15) is 0 Å². The van der Waals surface area contributed by atoms with Gasteiger partial charge in [-0.05, 0) is 46.9 Å². The number of aryl methyl sites for hydroxylation is 1. The van der Waals surface area contributed by atoms with Crippen LogP contribution in [0.15, 0.2) is 77.3 Å². The summed E-state index contributed by atoms with van der Waals surface area (Å²) in [4.78, 5) is 3.73. The molecule has 2 N–H and O–H groups in total. The number of hydrogen-bond donors (Lipinski definition) is 2. The molecule has 0 saturated carbocycles. The van der Waals surface area contributed by atoms with E-state index in [0.717, 1.165) is 17.4 Å². The smallest absolute Gasteiger partial charge is 0.0733 e. The lowest BCUT2D eigenvalue weighted by Gasteiger charge is -2.31. The first-order chi connectivity index (χ1) is 13.7. The summed E-state index contributed by atoms with van der Waals surface area (Å²) in [6.07, 6.45) is 1.08. The summed E-state index contributed by atoms with van der Waals surface area (Å²) in [5.41, 5.74) is 7.98. The highest BCUT2D eigenvalue weighted by Gasteiger charge is 2.32. The topological polar surface area (TPSA) is 27.8 Å². The number of aromatic nitrogens is 1. The number of para-hydroxylation sites is 1. The average molecular weight is 431 g/mol. The van der Waals surface area contributed by atoms with Crippen LogP contribution < -0.4 is 5.32 Å². The second-order valence-corrected chi connectivity index (χ2v) is 8.46. The molecule has 0 bridgehead atoms. The molecule has 0 aliphatic carbocycles. The molecule has 0 radical (unpaired) electrons. The monoisotopic (exact) mass is 430 g/mol. The van der Waals surface area contributed by atoms with Crippen LogP contribution in [0, 0.1) is 0 Å². The predicted octanol–water partition coefficient (Wildman–Crippen LogP) is 6.32. The van der Waals surface area contributed by atoms with Crippen molar-refractivity contribution in [3.63, 3.8) is 0 Å². The van der Waals surface area contributed by atoms with Crippen molar-refractivity contribution in [1.82, 2.24) is 10.3 Å². The van der Waals surface area contributed by atoms with Gasteiger partial charge >= 0.3 is 0 Å². The SMILES string of the molecule is CCc1ccc(C2CNC(c3cccc(Br)c3)c3[nH]c4ccccc4c32)cc1. The summed E-state index contributed by atoms with van der Waals surface area (Å²) in [6.45, 7) is 3.13. The van der Waals surface area contributed by atoms with Crippen molar-refractivity contribution >= 4 is 26.8 Å². The number of aromatic amines is 1. The van der Waals surface area contributed by atoms with Crippen LogP contribution in [0.4, 0.5) is 0 Å². The van der Waals surface area contributed by atoms with Gasteiger partial charge in [0.05, 0.1) is 6.04 Å². The Bertz CT molecular complexity index is 1130. The molecule has 4 aromatic rings. The van der Waals surface area contributed by atoms with Crippen LogP contribution in [-0.4, -0.2) is 11.5 Å². The highest BCUT2D eigenvalue weighted by atomic mass is 79.9. The molecule has 28 heavy (non-hydrogen) atoms. The number of rotatable bonds is 3. The Morgan fingerprint density at radius 1 is 0.929 bits per heavy atom. The molecule has 3 aromatic carbocycles. The van der Waals surface area contributed by atoms with Crippen LogP contribution in [0.5, 0.6) is 0 Å². The van der Waals surface area contributed by atoms with Gasteiger partial charge in [0.15, 0.2) is 0 Å². The fraction of sp³-hybridized carbons (Fsp3) is 0.200. The largest absolute Gasteiger partial charge is 0.357 e. The van der Waals surface area contributed by atoms with E-state index in [1.807, 2.05) is 0 Å². The zero-order valence-electron chi connectivity index (χ0n) is 15.9. The Labute approximate surface area is 174 Å². The molecule has 2 heterocycles. The summed E-state index contributed by atoms with van der Waals surface area (Å²) in [5, 5.41) is 5.14. The Morgan fingerprint density at radius 3 is 2.54 bits per heavy atom. The molecule has 0 amide bonds. The van der Waals surface area contributed by atoms with Crippen LogP contribution in [0.2, 0.25) is 0 Å². The summed E-state index contributed by atoms with van der Waals surface area (Å²) < 4.78 is 1.11. The lowest BCUT2D eigenvalue weighted by atomic mass is 9.83. The fourth-order valence-electron chi connectivity index (χ4n) is 4.47. The van der Waals surface area contributed by atoms with E-state index in [1.54, 1.807) is 0 Å². The first kappa shape index (κ1) is 17.7. The van der Waals surface area contributed by atoms with E-state index in [4.69, 9.17) is 0 Å². The van der Waals surface area contributed by atoms with Gasteiger partial charge in [0.25, 0.3) is 0 Å². The van der Waals surface area contributed by atoms with E-state index < -0.39 is 0 Å². The lowest BCUT2D eigenvalue weighted by molar-refractivity contribution is 0.525. The van der Waals surface area contributed by atoms with Gasteiger partial charge in [0.1, 0.15) is 0 Å². The first-order valence-corrected chi connectivity index (χ1v) is 10.7. The summed E-state index contributed by atoms with van der Waals surface area (Å²) in [7, 11) is 0. The standard InChI is InChI=1S/C25H23BrN2/c1-2-16-10-12-17(13-11-16)21-15-27-24(18-6-5-7-19(26)14-18)25-23(21)20-8-3-4-9-22(20)28-25/h3-14,21,24,27-28H,2,15H2,1H3. The maximum Gasteiger partial charge on any atom is 0.0733 e. The van der Waals surface area contributed by atoms with Gasteiger partial charge in [-0.3, -0.25) is 0 Å². The average Bonchev–Trinajstić information content (AvgIpc) is 3.13. The summed E-state index contributed by atoms with van der Waals surface area (Å²) in [6, 6.07) is 26.6. The maximum absolute atomic E-state index is 3.80. The Kier molecular flexibility index (Phi) is 4.58. The lowest BCUT2D eigenvalue weighted by Crippen LogP contribution is -2.34. The number of nitrogens with one attached hydrogen (secondary N) is 2. The van der Waals surface area contributed by atoms with E-state index in [0.29, 0.717) is 5.92 Å². The van der Waals surface area contributed by atoms with Gasteiger partial charge in [-0.25, -0.2) is 0 Å². The Morgan fingerprint density at radius 2 is 1.75 bits per heavy atom. The summed E-state index contributed by atoms with van der Waals surface area (Å²) in [5.74, 6) is 0.348. The second kappa shape index (κ2) is 7.23. The van der Waals surface area contributed by atoms with Crippen LogP contribution in [-0.2, 0) is 6.42 Å². The van der Waals surface area contributed by atoms with Gasteiger partial charge in [0.2, 0.25) is 0 Å². The van der Waals surface area contributed by atoms with Crippen molar-refractivity contribution in [2.24, 2.45) is 0 Å². The van der Waals surface area contributed by atoms with Crippen molar-refractivity contribution in [2.75, 3.05) is 6.54 Å². The molecule has 2 unspecified atom stereocenters. The van der Waals surface area contributed by atoms with Crippen LogP contribution in [0.1, 0.15) is 46.8 Å². The van der Waals surface area contributed by atoms with Gasteiger partial charge in [-0.15, -0.1) is 0 Å². The second-order valence-electron chi connectivity index (χ2n) is 7.54. The zero-order chi connectivity index (χ0) is 19.1. The van der Waals surface area contributed by atoms with Crippen molar-refractivity contribution in [2.45, 2.75) is 25.3 Å².